The minimum atomic E-state index is -0.932. The first-order valence-electron chi connectivity index (χ1n) is 7.82. The molecule has 0 spiro atoms. The number of benzene rings is 1. The molecule has 6 nitrogen and oxygen atoms in total. The van der Waals surface area contributed by atoms with E-state index in [1.807, 2.05) is 22.8 Å². The second kappa shape index (κ2) is 7.05. The molecule has 118 valence electrons. The largest absolute Gasteiger partial charge is 0.486 e. The zero-order valence-electron chi connectivity index (χ0n) is 12.8. The number of ketones is 1. The SMILES string of the molecule is N#CC(C(=O)COc1ccccc1)c1nnc2n1CCCCC2. The molecule has 1 aliphatic rings. The van der Waals surface area contributed by atoms with Gasteiger partial charge in [0.1, 0.15) is 18.2 Å². The van der Waals surface area contributed by atoms with E-state index in [9.17, 15) is 10.1 Å². The van der Waals surface area contributed by atoms with Crippen molar-refractivity contribution in [3.8, 4) is 11.8 Å². The van der Waals surface area contributed by atoms with Crippen molar-refractivity contribution < 1.29 is 9.53 Å². The molecule has 1 aromatic carbocycles. The number of hydrogen-bond acceptors (Lipinski definition) is 5. The summed E-state index contributed by atoms with van der Waals surface area (Å²) >= 11 is 0. The molecular weight excluding hydrogens is 292 g/mol. The number of fused-ring (bicyclic) bond motifs is 1. The average Bonchev–Trinajstić information content (AvgIpc) is 2.83. The van der Waals surface area contributed by atoms with Gasteiger partial charge in [0.05, 0.1) is 6.07 Å². The van der Waals surface area contributed by atoms with Crippen LogP contribution in [0.15, 0.2) is 30.3 Å². The van der Waals surface area contributed by atoms with Gasteiger partial charge in [0.15, 0.2) is 17.5 Å². The van der Waals surface area contributed by atoms with E-state index in [-0.39, 0.29) is 12.4 Å². The van der Waals surface area contributed by atoms with Crippen molar-refractivity contribution in [3.63, 3.8) is 0 Å². The molecular formula is C17H18N4O2. The Balaban J connectivity index is 1.74. The molecule has 0 bridgehead atoms. The highest BCUT2D eigenvalue weighted by Gasteiger charge is 2.28. The van der Waals surface area contributed by atoms with Crippen LogP contribution >= 0.6 is 0 Å². The number of carbonyl (C=O) groups is 1. The second-order valence-corrected chi connectivity index (χ2v) is 5.57. The third kappa shape index (κ3) is 3.39. The predicted molar refractivity (Wildman–Crippen MR) is 82.9 cm³/mol. The third-order valence-corrected chi connectivity index (χ3v) is 3.97. The first kappa shape index (κ1) is 15.2. The molecule has 0 radical (unpaired) electrons. The van der Waals surface area contributed by atoms with Gasteiger partial charge in [-0.15, -0.1) is 10.2 Å². The highest BCUT2D eigenvalue weighted by Crippen LogP contribution is 2.21. The standard InChI is InChI=1S/C17H18N4O2/c18-11-14(15(22)12-23-13-7-3-1-4-8-13)17-20-19-16-9-5-2-6-10-21(16)17/h1,3-4,7-8,14H,2,5-6,9-10,12H2. The van der Waals surface area contributed by atoms with Gasteiger partial charge in [0, 0.05) is 13.0 Å². The second-order valence-electron chi connectivity index (χ2n) is 5.57. The fraction of sp³-hybridized carbons (Fsp3) is 0.412. The Morgan fingerprint density at radius 2 is 2.09 bits per heavy atom. The number of hydrogen-bond donors (Lipinski definition) is 0. The minimum absolute atomic E-state index is 0.148. The van der Waals surface area contributed by atoms with Gasteiger partial charge in [0.25, 0.3) is 0 Å². The van der Waals surface area contributed by atoms with E-state index < -0.39 is 5.92 Å². The van der Waals surface area contributed by atoms with Crippen LogP contribution in [0.3, 0.4) is 0 Å². The first-order chi connectivity index (χ1) is 11.3. The van der Waals surface area contributed by atoms with Crippen LogP contribution in [0.25, 0.3) is 0 Å². The van der Waals surface area contributed by atoms with Crippen LogP contribution in [0.1, 0.15) is 36.8 Å². The fourth-order valence-corrected chi connectivity index (χ4v) is 2.75. The molecule has 0 saturated carbocycles. The van der Waals surface area contributed by atoms with Crippen LogP contribution < -0.4 is 4.74 Å². The number of aromatic nitrogens is 3. The van der Waals surface area contributed by atoms with Gasteiger partial charge in [-0.05, 0) is 25.0 Å². The van der Waals surface area contributed by atoms with Crippen LogP contribution in [-0.4, -0.2) is 27.2 Å². The maximum absolute atomic E-state index is 12.4. The van der Waals surface area contributed by atoms with E-state index in [4.69, 9.17) is 4.74 Å². The molecule has 6 heteroatoms. The van der Waals surface area contributed by atoms with E-state index in [1.54, 1.807) is 12.1 Å². The fourth-order valence-electron chi connectivity index (χ4n) is 2.75. The molecule has 1 aliphatic heterocycles. The lowest BCUT2D eigenvalue weighted by molar-refractivity contribution is -0.121. The molecule has 1 atom stereocenters. The number of ether oxygens (including phenoxy) is 1. The van der Waals surface area contributed by atoms with Gasteiger partial charge in [-0.1, -0.05) is 24.6 Å². The smallest absolute Gasteiger partial charge is 0.195 e. The summed E-state index contributed by atoms with van der Waals surface area (Å²) in [4.78, 5) is 12.4. The lowest BCUT2D eigenvalue weighted by atomic mass is 10.1. The Morgan fingerprint density at radius 3 is 2.87 bits per heavy atom. The zero-order valence-corrected chi connectivity index (χ0v) is 12.8. The Kier molecular flexibility index (Phi) is 4.67. The maximum Gasteiger partial charge on any atom is 0.195 e. The van der Waals surface area contributed by atoms with Crippen LogP contribution in [0.5, 0.6) is 5.75 Å². The van der Waals surface area contributed by atoms with Gasteiger partial charge < -0.3 is 9.30 Å². The van der Waals surface area contributed by atoms with Crippen LogP contribution in [0.4, 0.5) is 0 Å². The molecule has 0 amide bonds. The lowest BCUT2D eigenvalue weighted by Crippen LogP contribution is -2.22. The molecule has 1 unspecified atom stereocenters. The minimum Gasteiger partial charge on any atom is -0.486 e. The van der Waals surface area contributed by atoms with E-state index in [1.165, 1.54) is 0 Å². The average molecular weight is 310 g/mol. The van der Waals surface area contributed by atoms with Crippen molar-refractivity contribution in [1.29, 1.82) is 5.26 Å². The number of carbonyl (C=O) groups excluding carboxylic acids is 1. The molecule has 0 fully saturated rings. The highest BCUT2D eigenvalue weighted by atomic mass is 16.5. The summed E-state index contributed by atoms with van der Waals surface area (Å²) < 4.78 is 7.39. The Morgan fingerprint density at radius 1 is 1.26 bits per heavy atom. The first-order valence-corrected chi connectivity index (χ1v) is 7.82. The van der Waals surface area contributed by atoms with Crippen molar-refractivity contribution >= 4 is 5.78 Å². The summed E-state index contributed by atoms with van der Waals surface area (Å²) in [5.74, 6) is 0.701. The number of Topliss-reactive ketones (excluding diaryl/α,β-unsaturated/α-hetero) is 1. The number of aryl methyl sites for hydroxylation is 1. The summed E-state index contributed by atoms with van der Waals surface area (Å²) in [5.41, 5.74) is 0. The number of nitriles is 1. The van der Waals surface area contributed by atoms with Crippen molar-refractivity contribution in [2.45, 2.75) is 38.1 Å². The summed E-state index contributed by atoms with van der Waals surface area (Å²) in [5, 5.41) is 17.7. The Labute approximate surface area is 134 Å². The van der Waals surface area contributed by atoms with Crippen LogP contribution in [0, 0.1) is 11.3 Å². The molecule has 23 heavy (non-hydrogen) atoms. The van der Waals surface area contributed by atoms with Gasteiger partial charge >= 0.3 is 0 Å². The van der Waals surface area contributed by atoms with E-state index in [0.29, 0.717) is 11.6 Å². The molecule has 0 aliphatic carbocycles. The molecule has 3 rings (SSSR count). The van der Waals surface area contributed by atoms with Crippen LogP contribution in [-0.2, 0) is 17.8 Å². The number of para-hydroxylation sites is 1. The van der Waals surface area contributed by atoms with Gasteiger partial charge in [-0.25, -0.2) is 0 Å². The van der Waals surface area contributed by atoms with E-state index in [2.05, 4.69) is 16.3 Å². The predicted octanol–water partition coefficient (Wildman–Crippen LogP) is 2.26. The Bertz CT molecular complexity index is 718. The monoisotopic (exact) mass is 310 g/mol. The van der Waals surface area contributed by atoms with E-state index >= 15 is 0 Å². The van der Waals surface area contributed by atoms with Crippen molar-refractivity contribution in [2.24, 2.45) is 0 Å². The van der Waals surface area contributed by atoms with E-state index in [0.717, 1.165) is 38.1 Å². The third-order valence-electron chi connectivity index (χ3n) is 3.97. The molecule has 0 N–H and O–H groups in total. The van der Waals surface area contributed by atoms with Crippen molar-refractivity contribution in [3.05, 3.63) is 42.0 Å². The molecule has 2 heterocycles. The number of rotatable bonds is 5. The molecule has 1 aromatic heterocycles. The molecule has 2 aromatic rings. The number of nitrogens with zero attached hydrogens (tertiary/aromatic N) is 4. The van der Waals surface area contributed by atoms with Gasteiger partial charge in [-0.3, -0.25) is 4.79 Å². The summed E-state index contributed by atoms with van der Waals surface area (Å²) in [6.45, 7) is 0.618. The normalized spacial score (nSPS) is 15.1. The van der Waals surface area contributed by atoms with Gasteiger partial charge in [0.2, 0.25) is 0 Å². The summed E-state index contributed by atoms with van der Waals surface area (Å²) in [6.07, 6.45) is 4.07. The lowest BCUT2D eigenvalue weighted by Gasteiger charge is -2.11. The van der Waals surface area contributed by atoms with Crippen LogP contribution in [0.2, 0.25) is 0 Å². The molecule has 0 saturated heterocycles. The Hall–Kier alpha value is -2.68. The zero-order chi connectivity index (χ0) is 16.1. The van der Waals surface area contributed by atoms with Gasteiger partial charge in [-0.2, -0.15) is 5.26 Å². The summed E-state index contributed by atoms with van der Waals surface area (Å²) in [6, 6.07) is 11.1. The highest BCUT2D eigenvalue weighted by molar-refractivity contribution is 5.88. The quantitative estimate of drug-likeness (QED) is 0.846. The topological polar surface area (TPSA) is 80.8 Å². The maximum atomic E-state index is 12.4. The van der Waals surface area contributed by atoms with Crippen molar-refractivity contribution in [1.82, 2.24) is 14.8 Å². The van der Waals surface area contributed by atoms with Crippen molar-refractivity contribution in [2.75, 3.05) is 6.61 Å². The summed E-state index contributed by atoms with van der Waals surface area (Å²) in [7, 11) is 0.